The van der Waals surface area contributed by atoms with Crippen LogP contribution in [0, 0.1) is 0 Å². The summed E-state index contributed by atoms with van der Waals surface area (Å²) >= 11 is 0. The molecule has 15 heteroatoms. The Kier molecular flexibility index (Phi) is 14.3. The van der Waals surface area contributed by atoms with E-state index in [1.54, 1.807) is 0 Å². The Morgan fingerprint density at radius 2 is 1.60 bits per heavy atom. The number of nitrogens with one attached hydrogen (secondary N) is 3. The van der Waals surface area contributed by atoms with Crippen molar-refractivity contribution in [2.24, 2.45) is 5.73 Å². The number of aliphatic carboxylic acids is 1. The molecule has 0 saturated heterocycles. The minimum atomic E-state index is -1.88. The van der Waals surface area contributed by atoms with Gasteiger partial charge in [-0.25, -0.2) is 0 Å². The zero-order chi connectivity index (χ0) is 27.3. The lowest BCUT2D eigenvalue weighted by molar-refractivity contribution is -0.158. The summed E-state index contributed by atoms with van der Waals surface area (Å²) in [6.45, 7) is 2.92. The number of carbonyl (C=O) groups is 6. The molecule has 0 heterocycles. The average molecular weight is 507 g/mol. The summed E-state index contributed by atoms with van der Waals surface area (Å²) in [6, 6.07) is -3.97. The number of nitrogens with two attached hydrogens (primary N) is 1. The first-order chi connectivity index (χ1) is 16.3. The minimum Gasteiger partial charge on any atom is -0.481 e. The molecule has 0 unspecified atom stereocenters. The number of aliphatic hydroxyl groups is 3. The summed E-state index contributed by atoms with van der Waals surface area (Å²) in [5.74, 6) is -4.55. The molecule has 0 aromatic rings. The number of carboxylic acids is 1. The molecule has 0 aliphatic carbocycles. The summed E-state index contributed by atoms with van der Waals surface area (Å²) in [7, 11) is 0. The fourth-order valence-corrected chi connectivity index (χ4v) is 2.90. The Morgan fingerprint density at radius 3 is 2.03 bits per heavy atom. The van der Waals surface area contributed by atoms with E-state index in [-0.39, 0.29) is 19.1 Å². The lowest BCUT2D eigenvalue weighted by Gasteiger charge is -2.32. The molecule has 0 rings (SSSR count). The highest BCUT2D eigenvalue weighted by Crippen LogP contribution is 2.12. The van der Waals surface area contributed by atoms with E-state index in [2.05, 4.69) is 16.0 Å². The van der Waals surface area contributed by atoms with Gasteiger partial charge in [-0.2, -0.15) is 0 Å². The van der Waals surface area contributed by atoms with Crippen molar-refractivity contribution in [3.63, 3.8) is 0 Å². The van der Waals surface area contributed by atoms with E-state index >= 15 is 0 Å². The van der Waals surface area contributed by atoms with Crippen LogP contribution in [0.1, 0.15) is 40.0 Å². The third-order valence-corrected chi connectivity index (χ3v) is 4.87. The molecule has 35 heavy (non-hydrogen) atoms. The van der Waals surface area contributed by atoms with Gasteiger partial charge < -0.3 is 51.6 Å². The highest BCUT2D eigenvalue weighted by Gasteiger charge is 2.37. The van der Waals surface area contributed by atoms with Gasteiger partial charge in [0.1, 0.15) is 48.8 Å². The molecule has 4 amide bonds. The molecule has 0 spiro atoms. The predicted octanol–water partition coefficient (Wildman–Crippen LogP) is -4.09. The number of amides is 4. The SMILES string of the molecule is CC[C@H](NC(=O)[C@@H](C)O[C@@H]([C@H](O)[C@H](O)CO)[C@H](C=O)NC(C)=O)C(=O)N[C@H](CCC(=O)O)C(N)=O. The minimum absolute atomic E-state index is 0.0485. The van der Waals surface area contributed by atoms with Crippen LogP contribution < -0.4 is 21.7 Å². The van der Waals surface area contributed by atoms with Gasteiger partial charge in [0.05, 0.1) is 6.61 Å². The Morgan fingerprint density at radius 1 is 1.03 bits per heavy atom. The van der Waals surface area contributed by atoms with E-state index in [1.807, 2.05) is 0 Å². The van der Waals surface area contributed by atoms with Crippen molar-refractivity contribution in [3.8, 4) is 0 Å². The van der Waals surface area contributed by atoms with Gasteiger partial charge in [0.15, 0.2) is 0 Å². The number of hydrogen-bond acceptors (Lipinski definition) is 10. The molecule has 0 saturated carbocycles. The lowest BCUT2D eigenvalue weighted by Crippen LogP contribution is -2.57. The molecule has 0 bridgehead atoms. The number of carboxylic acid groups (broad SMARTS) is 1. The first kappa shape index (κ1) is 31.9. The molecule has 0 radical (unpaired) electrons. The number of hydrogen-bond donors (Lipinski definition) is 8. The van der Waals surface area contributed by atoms with Gasteiger partial charge >= 0.3 is 5.97 Å². The van der Waals surface area contributed by atoms with Gasteiger partial charge in [-0.1, -0.05) is 6.92 Å². The van der Waals surface area contributed by atoms with Gasteiger partial charge in [-0.3, -0.25) is 24.0 Å². The van der Waals surface area contributed by atoms with Gasteiger partial charge in [0.25, 0.3) is 0 Å². The van der Waals surface area contributed by atoms with E-state index in [4.69, 9.17) is 20.7 Å². The largest absolute Gasteiger partial charge is 0.481 e. The third-order valence-electron chi connectivity index (χ3n) is 4.87. The van der Waals surface area contributed by atoms with Crippen LogP contribution >= 0.6 is 0 Å². The van der Waals surface area contributed by atoms with Crippen molar-refractivity contribution in [2.45, 2.75) is 82.6 Å². The summed E-state index contributed by atoms with van der Waals surface area (Å²) in [5, 5.41) is 44.7. The maximum atomic E-state index is 12.6. The third kappa shape index (κ3) is 11.2. The Labute approximate surface area is 201 Å². The molecule has 15 nitrogen and oxygen atoms in total. The maximum absolute atomic E-state index is 12.6. The zero-order valence-electron chi connectivity index (χ0n) is 19.7. The summed E-state index contributed by atoms with van der Waals surface area (Å²) in [5.41, 5.74) is 5.18. The van der Waals surface area contributed by atoms with Gasteiger partial charge in [-0.15, -0.1) is 0 Å². The van der Waals surface area contributed by atoms with Crippen LogP contribution in [0.4, 0.5) is 0 Å². The highest BCUT2D eigenvalue weighted by atomic mass is 16.5. The van der Waals surface area contributed by atoms with Crippen LogP contribution in [0.15, 0.2) is 0 Å². The van der Waals surface area contributed by atoms with Crippen molar-refractivity contribution in [1.29, 1.82) is 0 Å². The van der Waals surface area contributed by atoms with Crippen molar-refractivity contribution in [3.05, 3.63) is 0 Å². The van der Waals surface area contributed by atoms with E-state index in [0.29, 0.717) is 0 Å². The second kappa shape index (κ2) is 15.7. The lowest BCUT2D eigenvalue weighted by atomic mass is 10.0. The highest BCUT2D eigenvalue weighted by molar-refractivity contribution is 5.92. The number of aliphatic hydroxyl groups excluding tert-OH is 3. The molecule has 0 aromatic carbocycles. The normalized spacial score (nSPS) is 17.0. The topological polar surface area (TPSA) is 255 Å². The Bertz CT molecular complexity index is 763. The maximum Gasteiger partial charge on any atom is 0.303 e. The number of ether oxygens (including phenoxy) is 1. The van der Waals surface area contributed by atoms with Crippen LogP contribution in [-0.4, -0.2) is 105 Å². The molecule has 0 aromatic heterocycles. The Balaban J connectivity index is 5.43. The number of carbonyl (C=O) groups excluding carboxylic acids is 5. The smallest absolute Gasteiger partial charge is 0.303 e. The van der Waals surface area contributed by atoms with Gasteiger partial charge in [0.2, 0.25) is 23.6 Å². The van der Waals surface area contributed by atoms with Crippen molar-refractivity contribution >= 4 is 35.9 Å². The van der Waals surface area contributed by atoms with Crippen molar-refractivity contribution in [1.82, 2.24) is 16.0 Å². The predicted molar refractivity (Wildman–Crippen MR) is 117 cm³/mol. The fraction of sp³-hybridized carbons (Fsp3) is 0.700. The second-order valence-electron chi connectivity index (χ2n) is 7.71. The van der Waals surface area contributed by atoms with Crippen LogP contribution in [0.3, 0.4) is 0 Å². The molecule has 7 atom stereocenters. The molecular formula is C20H34N4O11. The van der Waals surface area contributed by atoms with Crippen LogP contribution in [0.2, 0.25) is 0 Å². The fourth-order valence-electron chi connectivity index (χ4n) is 2.90. The number of rotatable bonds is 17. The second-order valence-corrected chi connectivity index (χ2v) is 7.71. The first-order valence-electron chi connectivity index (χ1n) is 10.8. The van der Waals surface area contributed by atoms with E-state index in [1.165, 1.54) is 13.8 Å². The monoisotopic (exact) mass is 506 g/mol. The van der Waals surface area contributed by atoms with Gasteiger partial charge in [0, 0.05) is 13.3 Å². The van der Waals surface area contributed by atoms with Crippen LogP contribution in [0.5, 0.6) is 0 Å². The van der Waals surface area contributed by atoms with Crippen LogP contribution in [0.25, 0.3) is 0 Å². The molecule has 0 fully saturated rings. The van der Waals surface area contributed by atoms with Crippen LogP contribution in [-0.2, 0) is 33.5 Å². The van der Waals surface area contributed by atoms with Gasteiger partial charge in [-0.05, 0) is 19.8 Å². The molecule has 200 valence electrons. The van der Waals surface area contributed by atoms with E-state index in [9.17, 15) is 39.0 Å². The van der Waals surface area contributed by atoms with E-state index in [0.717, 1.165) is 6.92 Å². The quantitative estimate of drug-likeness (QED) is 0.0880. The molecule has 0 aliphatic rings. The number of primary amides is 1. The first-order valence-corrected chi connectivity index (χ1v) is 10.8. The Hall–Kier alpha value is -3.14. The summed E-state index contributed by atoms with van der Waals surface area (Å²) in [4.78, 5) is 70.2. The summed E-state index contributed by atoms with van der Waals surface area (Å²) in [6.07, 6.45) is -7.16. The number of aldehydes is 1. The molecular weight excluding hydrogens is 472 g/mol. The zero-order valence-corrected chi connectivity index (χ0v) is 19.7. The van der Waals surface area contributed by atoms with E-state index < -0.39 is 85.2 Å². The molecule has 0 aliphatic heterocycles. The van der Waals surface area contributed by atoms with Crippen molar-refractivity contribution in [2.75, 3.05) is 6.61 Å². The standard InChI is InChI=1S/C20H34N4O11/c1-4-11(20(34)24-12(18(21)32)5-6-15(29)30)23-19(33)9(2)35-17(16(31)14(28)8-26)13(7-25)22-10(3)27/h7,9,11-14,16-17,26,28,31H,4-6,8H2,1-3H3,(H2,21,32)(H,22,27)(H,23,33)(H,24,34)(H,29,30)/t9-,11+,12-,13+,14-,16-,17-/m1/s1. The molecule has 9 N–H and O–H groups in total. The average Bonchev–Trinajstić information content (AvgIpc) is 2.79. The summed E-state index contributed by atoms with van der Waals surface area (Å²) < 4.78 is 5.41. The van der Waals surface area contributed by atoms with Crippen molar-refractivity contribution < 1.29 is 53.9 Å².